The molecule has 4 nitrogen and oxygen atoms in total. The highest BCUT2D eigenvalue weighted by Crippen LogP contribution is 2.34. The van der Waals surface area contributed by atoms with Crippen LogP contribution in [0.4, 0.5) is 0 Å². The third-order valence-corrected chi connectivity index (χ3v) is 4.02. The Balaban J connectivity index is 2.16. The van der Waals surface area contributed by atoms with Gasteiger partial charge in [0.05, 0.1) is 13.7 Å². The molecule has 1 saturated heterocycles. The van der Waals surface area contributed by atoms with Crippen LogP contribution in [0.2, 0.25) is 0 Å². The van der Waals surface area contributed by atoms with E-state index in [2.05, 4.69) is 0 Å². The number of ether oxygens (including phenoxy) is 2. The maximum atomic E-state index is 6.09. The Labute approximate surface area is 112 Å². The van der Waals surface area contributed by atoms with Crippen molar-refractivity contribution < 1.29 is 14.3 Å². The van der Waals surface area contributed by atoms with Crippen LogP contribution in [0.5, 0.6) is 11.5 Å². The Bertz CT molecular complexity index is 380. The van der Waals surface area contributed by atoms with E-state index in [0.29, 0.717) is 6.61 Å². The quantitative estimate of drug-likeness (QED) is 0.832. The monoisotopic (exact) mass is 269 g/mol. The third-order valence-electron chi connectivity index (χ3n) is 2.97. The first-order valence-corrected chi connectivity index (χ1v) is 7.22. The van der Waals surface area contributed by atoms with Crippen molar-refractivity contribution >= 4 is 11.8 Å². The van der Waals surface area contributed by atoms with E-state index in [4.69, 9.17) is 20.2 Å². The minimum Gasteiger partial charge on any atom is -0.493 e. The molecule has 0 spiro atoms. The summed E-state index contributed by atoms with van der Waals surface area (Å²) in [6.07, 6.45) is 2.41. The average Bonchev–Trinajstić information content (AvgIpc) is 2.42. The predicted molar refractivity (Wildman–Crippen MR) is 72.9 cm³/mol. The van der Waals surface area contributed by atoms with E-state index in [9.17, 15) is 0 Å². The van der Waals surface area contributed by atoms with Gasteiger partial charge in [-0.25, -0.2) is 5.90 Å². The normalized spacial score (nSPS) is 16.6. The lowest BCUT2D eigenvalue weighted by atomic mass is 10.1. The van der Waals surface area contributed by atoms with Gasteiger partial charge in [0.25, 0.3) is 0 Å². The summed E-state index contributed by atoms with van der Waals surface area (Å²) in [4.78, 5) is 4.72. The first-order valence-electron chi connectivity index (χ1n) is 6.07. The van der Waals surface area contributed by atoms with E-state index in [1.54, 1.807) is 7.11 Å². The highest BCUT2D eigenvalue weighted by molar-refractivity contribution is 7.99. The number of rotatable bonds is 5. The van der Waals surface area contributed by atoms with Crippen molar-refractivity contribution in [1.29, 1.82) is 0 Å². The highest BCUT2D eigenvalue weighted by Gasteiger charge is 2.19. The Kier molecular flexibility index (Phi) is 5.16. The average molecular weight is 269 g/mol. The summed E-state index contributed by atoms with van der Waals surface area (Å²) in [5.74, 6) is 8.97. The summed E-state index contributed by atoms with van der Waals surface area (Å²) in [5, 5.41) is 0. The lowest BCUT2D eigenvalue weighted by Crippen LogP contribution is -2.23. The summed E-state index contributed by atoms with van der Waals surface area (Å²) in [6, 6.07) is 5.76. The Hall–Kier alpha value is -0.910. The van der Waals surface area contributed by atoms with Gasteiger partial charge in [0.1, 0.15) is 6.10 Å². The second-order valence-corrected chi connectivity index (χ2v) is 5.41. The second kappa shape index (κ2) is 6.87. The molecule has 5 heteroatoms. The molecule has 0 unspecified atom stereocenters. The molecule has 0 bridgehead atoms. The number of benzene rings is 1. The molecule has 1 heterocycles. The topological polar surface area (TPSA) is 53.7 Å². The lowest BCUT2D eigenvalue weighted by molar-refractivity contribution is 0.116. The van der Waals surface area contributed by atoms with Gasteiger partial charge in [0.2, 0.25) is 0 Å². The fourth-order valence-corrected chi connectivity index (χ4v) is 3.08. The maximum absolute atomic E-state index is 6.09. The smallest absolute Gasteiger partial charge is 0.167 e. The van der Waals surface area contributed by atoms with Crippen LogP contribution in [0, 0.1) is 0 Å². The van der Waals surface area contributed by atoms with Crippen LogP contribution in [0.25, 0.3) is 0 Å². The van der Waals surface area contributed by atoms with Crippen LogP contribution in [0.3, 0.4) is 0 Å². The number of nitrogens with two attached hydrogens (primary N) is 1. The van der Waals surface area contributed by atoms with Crippen LogP contribution >= 0.6 is 11.8 Å². The minimum absolute atomic E-state index is 0.263. The SMILES string of the molecule is COc1cccc(CON)c1OC1CCSCC1. The fourth-order valence-electron chi connectivity index (χ4n) is 2.02. The van der Waals surface area contributed by atoms with Crippen LogP contribution in [-0.4, -0.2) is 24.7 Å². The molecule has 1 aliphatic rings. The first kappa shape index (κ1) is 13.5. The van der Waals surface area contributed by atoms with Gasteiger partial charge in [-0.1, -0.05) is 12.1 Å². The Morgan fingerprint density at radius 2 is 2.11 bits per heavy atom. The zero-order valence-electron chi connectivity index (χ0n) is 10.6. The second-order valence-electron chi connectivity index (χ2n) is 4.19. The molecular weight excluding hydrogens is 250 g/mol. The zero-order valence-corrected chi connectivity index (χ0v) is 11.4. The standard InChI is InChI=1S/C13H19NO3S/c1-15-12-4-2-3-10(9-16-14)13(12)17-11-5-7-18-8-6-11/h2-4,11H,5-9,14H2,1H3. The van der Waals surface area contributed by atoms with Gasteiger partial charge in [-0.05, 0) is 30.4 Å². The van der Waals surface area contributed by atoms with E-state index in [1.807, 2.05) is 30.0 Å². The van der Waals surface area contributed by atoms with E-state index in [-0.39, 0.29) is 6.10 Å². The van der Waals surface area contributed by atoms with Crippen molar-refractivity contribution in [1.82, 2.24) is 0 Å². The maximum Gasteiger partial charge on any atom is 0.167 e. The van der Waals surface area contributed by atoms with E-state index < -0.39 is 0 Å². The van der Waals surface area contributed by atoms with Crippen LogP contribution in [0.15, 0.2) is 18.2 Å². The van der Waals surface area contributed by atoms with Gasteiger partial charge in [-0.3, -0.25) is 4.84 Å². The molecule has 2 N–H and O–H groups in total. The highest BCUT2D eigenvalue weighted by atomic mass is 32.2. The van der Waals surface area contributed by atoms with Crippen LogP contribution < -0.4 is 15.4 Å². The molecule has 1 fully saturated rings. The van der Waals surface area contributed by atoms with Gasteiger partial charge in [0, 0.05) is 5.56 Å². The van der Waals surface area contributed by atoms with E-state index in [0.717, 1.165) is 41.4 Å². The van der Waals surface area contributed by atoms with Gasteiger partial charge >= 0.3 is 0 Å². The zero-order chi connectivity index (χ0) is 12.8. The molecule has 1 aromatic rings. The number of hydrogen-bond donors (Lipinski definition) is 1. The molecule has 1 aromatic carbocycles. The molecule has 0 amide bonds. The molecular formula is C13H19NO3S. The molecule has 1 aliphatic heterocycles. The first-order chi connectivity index (χ1) is 8.85. The van der Waals surface area contributed by atoms with Gasteiger partial charge in [-0.2, -0.15) is 11.8 Å². The van der Waals surface area contributed by atoms with Crippen molar-refractivity contribution in [3.63, 3.8) is 0 Å². The fraction of sp³-hybridized carbons (Fsp3) is 0.538. The number of thioether (sulfide) groups is 1. The van der Waals surface area contributed by atoms with E-state index in [1.165, 1.54) is 0 Å². The minimum atomic E-state index is 0.263. The van der Waals surface area contributed by atoms with Gasteiger partial charge in [-0.15, -0.1) is 0 Å². The van der Waals surface area contributed by atoms with Gasteiger partial charge < -0.3 is 9.47 Å². The summed E-state index contributed by atoms with van der Waals surface area (Å²) < 4.78 is 11.4. The molecule has 0 radical (unpaired) electrons. The van der Waals surface area contributed by atoms with Crippen LogP contribution in [-0.2, 0) is 11.4 Å². The van der Waals surface area contributed by atoms with Crippen molar-refractivity contribution in [3.8, 4) is 11.5 Å². The Morgan fingerprint density at radius 1 is 1.33 bits per heavy atom. The summed E-state index contributed by atoms with van der Waals surface area (Å²) in [5.41, 5.74) is 0.926. The third kappa shape index (κ3) is 3.31. The predicted octanol–water partition coefficient (Wildman–Crippen LogP) is 2.36. The molecule has 0 atom stereocenters. The van der Waals surface area contributed by atoms with Crippen molar-refractivity contribution in [2.45, 2.75) is 25.6 Å². The largest absolute Gasteiger partial charge is 0.493 e. The Morgan fingerprint density at radius 3 is 2.78 bits per heavy atom. The molecule has 2 rings (SSSR count). The lowest BCUT2D eigenvalue weighted by Gasteiger charge is -2.25. The number of methoxy groups -OCH3 is 1. The molecule has 18 heavy (non-hydrogen) atoms. The van der Waals surface area contributed by atoms with Crippen LogP contribution in [0.1, 0.15) is 18.4 Å². The summed E-state index contributed by atoms with van der Waals surface area (Å²) in [6.45, 7) is 0.327. The molecule has 0 aliphatic carbocycles. The van der Waals surface area contributed by atoms with E-state index >= 15 is 0 Å². The number of para-hydroxylation sites is 1. The van der Waals surface area contributed by atoms with Crippen molar-refractivity contribution in [2.24, 2.45) is 5.90 Å². The molecule has 0 aromatic heterocycles. The molecule has 100 valence electrons. The summed E-state index contributed by atoms with van der Waals surface area (Å²) in [7, 11) is 1.64. The number of hydrogen-bond acceptors (Lipinski definition) is 5. The van der Waals surface area contributed by atoms with Crippen molar-refractivity contribution in [2.75, 3.05) is 18.6 Å². The summed E-state index contributed by atoms with van der Waals surface area (Å²) >= 11 is 1.98. The van der Waals surface area contributed by atoms with Crippen molar-refractivity contribution in [3.05, 3.63) is 23.8 Å². The molecule has 0 saturated carbocycles. The van der Waals surface area contributed by atoms with Gasteiger partial charge in [0.15, 0.2) is 11.5 Å².